The third-order valence-corrected chi connectivity index (χ3v) is 3.89. The van der Waals surface area contributed by atoms with E-state index in [0.29, 0.717) is 12.3 Å². The van der Waals surface area contributed by atoms with E-state index >= 15 is 0 Å². The molecule has 0 saturated heterocycles. The average molecular weight is 365 g/mol. The lowest BCUT2D eigenvalue weighted by Gasteiger charge is -2.05. The molecule has 0 bridgehead atoms. The molecule has 0 saturated carbocycles. The first-order valence-corrected chi connectivity index (χ1v) is 8.22. The van der Waals surface area contributed by atoms with Crippen LogP contribution in [0.5, 0.6) is 11.5 Å². The van der Waals surface area contributed by atoms with E-state index in [-0.39, 0.29) is 11.3 Å². The molecule has 0 aliphatic rings. The number of aromatic nitrogens is 2. The van der Waals surface area contributed by atoms with Crippen LogP contribution in [-0.4, -0.2) is 33.5 Å². The molecule has 0 fully saturated rings. The second kappa shape index (κ2) is 8.09. The van der Waals surface area contributed by atoms with Gasteiger partial charge < -0.3 is 20.3 Å². The molecule has 0 unspecified atom stereocenters. The Kier molecular flexibility index (Phi) is 5.41. The number of carboxylic acids is 1. The normalized spacial score (nSPS) is 10.9. The van der Waals surface area contributed by atoms with Crippen molar-refractivity contribution in [1.29, 1.82) is 0 Å². The zero-order valence-corrected chi connectivity index (χ0v) is 14.6. The van der Waals surface area contributed by atoms with Crippen LogP contribution in [0.15, 0.2) is 48.5 Å². The standard InChI is InChI=1S/C20H19N3O4/c1-27-19-9-13(6-8-18(19)24)5-7-16-11-17(23-22-16)12-21-15-4-2-3-14(10-15)20(25)26/h2-11,21,24H,12H2,1H3,(H,22,23)(H,25,26). The molecule has 0 spiro atoms. The molecule has 138 valence electrons. The molecule has 1 heterocycles. The minimum atomic E-state index is -0.960. The Morgan fingerprint density at radius 2 is 2.07 bits per heavy atom. The van der Waals surface area contributed by atoms with Gasteiger partial charge in [0.25, 0.3) is 0 Å². The monoisotopic (exact) mass is 365 g/mol. The molecule has 4 N–H and O–H groups in total. The zero-order valence-electron chi connectivity index (χ0n) is 14.6. The summed E-state index contributed by atoms with van der Waals surface area (Å²) in [6.07, 6.45) is 3.71. The number of phenols is 1. The highest BCUT2D eigenvalue weighted by molar-refractivity contribution is 5.88. The number of H-pyrrole nitrogens is 1. The molecule has 7 heteroatoms. The lowest BCUT2D eigenvalue weighted by molar-refractivity contribution is 0.0697. The van der Waals surface area contributed by atoms with E-state index in [0.717, 1.165) is 22.6 Å². The smallest absolute Gasteiger partial charge is 0.335 e. The molecule has 0 atom stereocenters. The summed E-state index contributed by atoms with van der Waals surface area (Å²) in [5.41, 5.74) is 3.44. The fourth-order valence-electron chi connectivity index (χ4n) is 2.49. The topological polar surface area (TPSA) is 107 Å². The highest BCUT2D eigenvalue weighted by Crippen LogP contribution is 2.27. The van der Waals surface area contributed by atoms with Crippen LogP contribution in [0.2, 0.25) is 0 Å². The van der Waals surface area contributed by atoms with E-state index < -0.39 is 5.97 Å². The summed E-state index contributed by atoms with van der Waals surface area (Å²) in [5, 5.41) is 29.0. The van der Waals surface area contributed by atoms with Crippen molar-refractivity contribution < 1.29 is 19.7 Å². The highest BCUT2D eigenvalue weighted by Gasteiger charge is 2.04. The number of nitrogens with one attached hydrogen (secondary N) is 2. The van der Waals surface area contributed by atoms with Crippen molar-refractivity contribution in [3.8, 4) is 11.5 Å². The molecular formula is C20H19N3O4. The molecule has 0 aliphatic heterocycles. The van der Waals surface area contributed by atoms with Crippen molar-refractivity contribution in [1.82, 2.24) is 10.2 Å². The molecule has 7 nitrogen and oxygen atoms in total. The Labute approximate surface area is 155 Å². The Balaban J connectivity index is 1.63. The van der Waals surface area contributed by atoms with Gasteiger partial charge in [0.2, 0.25) is 0 Å². The van der Waals surface area contributed by atoms with Gasteiger partial charge in [-0.15, -0.1) is 0 Å². The summed E-state index contributed by atoms with van der Waals surface area (Å²) in [6, 6.07) is 13.6. The number of aromatic hydroxyl groups is 1. The number of phenolic OH excluding ortho intramolecular Hbond substituents is 1. The van der Waals surface area contributed by atoms with Crippen molar-refractivity contribution in [3.63, 3.8) is 0 Å². The quantitative estimate of drug-likeness (QED) is 0.509. The molecule has 0 aliphatic carbocycles. The fourth-order valence-corrected chi connectivity index (χ4v) is 2.49. The van der Waals surface area contributed by atoms with Crippen LogP contribution in [0.25, 0.3) is 12.2 Å². The lowest BCUT2D eigenvalue weighted by atomic mass is 10.1. The Morgan fingerprint density at radius 3 is 2.85 bits per heavy atom. The number of carboxylic acid groups (broad SMARTS) is 1. The summed E-state index contributed by atoms with van der Waals surface area (Å²) in [7, 11) is 1.50. The van der Waals surface area contributed by atoms with Crippen LogP contribution < -0.4 is 10.1 Å². The Bertz CT molecular complexity index is 979. The third kappa shape index (κ3) is 4.66. The second-order valence-electron chi connectivity index (χ2n) is 5.82. The maximum atomic E-state index is 11.0. The second-order valence-corrected chi connectivity index (χ2v) is 5.82. The first-order valence-electron chi connectivity index (χ1n) is 8.22. The summed E-state index contributed by atoms with van der Waals surface area (Å²) in [5.74, 6) is -0.458. The Morgan fingerprint density at radius 1 is 1.22 bits per heavy atom. The highest BCUT2D eigenvalue weighted by atomic mass is 16.5. The molecule has 3 aromatic rings. The zero-order chi connectivity index (χ0) is 19.2. The van der Waals surface area contributed by atoms with Crippen LogP contribution >= 0.6 is 0 Å². The predicted octanol–water partition coefficient (Wildman–Crippen LogP) is 3.60. The minimum absolute atomic E-state index is 0.0924. The van der Waals surface area contributed by atoms with Gasteiger partial charge in [0, 0.05) is 5.69 Å². The van der Waals surface area contributed by atoms with Crippen molar-refractivity contribution >= 4 is 23.8 Å². The van der Waals surface area contributed by atoms with Gasteiger partial charge in [0.05, 0.1) is 30.6 Å². The molecule has 3 rings (SSSR count). The SMILES string of the molecule is COc1cc(C=Cc2cc(CNc3cccc(C(=O)O)c3)[nH]n2)ccc1O. The van der Waals surface area contributed by atoms with E-state index in [1.54, 1.807) is 36.4 Å². The third-order valence-electron chi connectivity index (χ3n) is 3.89. The first kappa shape index (κ1) is 18.1. The Hall–Kier alpha value is -3.74. The van der Waals surface area contributed by atoms with Gasteiger partial charge >= 0.3 is 5.97 Å². The molecular weight excluding hydrogens is 346 g/mol. The molecule has 27 heavy (non-hydrogen) atoms. The number of hydrogen-bond acceptors (Lipinski definition) is 5. The largest absolute Gasteiger partial charge is 0.504 e. The van der Waals surface area contributed by atoms with Gasteiger partial charge in [-0.3, -0.25) is 5.10 Å². The van der Waals surface area contributed by atoms with E-state index in [1.165, 1.54) is 7.11 Å². The van der Waals surface area contributed by atoms with Crippen LogP contribution in [-0.2, 0) is 6.54 Å². The summed E-state index contributed by atoms with van der Waals surface area (Å²) < 4.78 is 5.09. The van der Waals surface area contributed by atoms with Gasteiger partial charge in [-0.2, -0.15) is 5.10 Å². The predicted molar refractivity (Wildman–Crippen MR) is 103 cm³/mol. The summed E-state index contributed by atoms with van der Waals surface area (Å²) in [4.78, 5) is 11.0. The van der Waals surface area contributed by atoms with Gasteiger partial charge in [-0.05, 0) is 48.0 Å². The van der Waals surface area contributed by atoms with Crippen molar-refractivity contribution in [2.24, 2.45) is 0 Å². The summed E-state index contributed by atoms with van der Waals surface area (Å²) >= 11 is 0. The number of rotatable bonds is 7. The van der Waals surface area contributed by atoms with Gasteiger partial charge in [0.15, 0.2) is 11.5 Å². The van der Waals surface area contributed by atoms with Crippen LogP contribution in [0, 0.1) is 0 Å². The van der Waals surface area contributed by atoms with Gasteiger partial charge in [0.1, 0.15) is 0 Å². The molecule has 1 aromatic heterocycles. The number of nitrogens with zero attached hydrogens (tertiary/aromatic N) is 1. The number of ether oxygens (including phenoxy) is 1. The van der Waals surface area contributed by atoms with Crippen molar-refractivity contribution in [3.05, 3.63) is 71.0 Å². The van der Waals surface area contributed by atoms with Crippen LogP contribution in [0.3, 0.4) is 0 Å². The number of anilines is 1. The lowest BCUT2D eigenvalue weighted by Crippen LogP contribution is -2.02. The average Bonchev–Trinajstić information content (AvgIpc) is 3.14. The number of aromatic carboxylic acids is 1. The van der Waals surface area contributed by atoms with E-state index in [9.17, 15) is 9.90 Å². The molecule has 0 amide bonds. The molecule has 0 radical (unpaired) electrons. The molecule has 2 aromatic carbocycles. The van der Waals surface area contributed by atoms with Crippen LogP contribution in [0.4, 0.5) is 5.69 Å². The number of methoxy groups -OCH3 is 1. The number of carbonyl (C=O) groups is 1. The van der Waals surface area contributed by atoms with Gasteiger partial charge in [-0.1, -0.05) is 18.2 Å². The first-order chi connectivity index (χ1) is 13.0. The van der Waals surface area contributed by atoms with E-state index in [2.05, 4.69) is 15.5 Å². The maximum absolute atomic E-state index is 11.0. The number of aromatic amines is 1. The number of hydrogen-bond donors (Lipinski definition) is 4. The fraction of sp³-hybridized carbons (Fsp3) is 0.100. The van der Waals surface area contributed by atoms with Crippen LogP contribution in [0.1, 0.15) is 27.3 Å². The van der Waals surface area contributed by atoms with E-state index in [4.69, 9.17) is 9.84 Å². The maximum Gasteiger partial charge on any atom is 0.335 e. The minimum Gasteiger partial charge on any atom is -0.504 e. The van der Waals surface area contributed by atoms with Crippen molar-refractivity contribution in [2.45, 2.75) is 6.54 Å². The van der Waals surface area contributed by atoms with Gasteiger partial charge in [-0.25, -0.2) is 4.79 Å². The van der Waals surface area contributed by atoms with Crippen molar-refractivity contribution in [2.75, 3.05) is 12.4 Å². The van der Waals surface area contributed by atoms with E-state index in [1.807, 2.05) is 24.3 Å². The number of benzene rings is 2. The summed E-state index contributed by atoms with van der Waals surface area (Å²) in [6.45, 7) is 0.483.